The van der Waals surface area contributed by atoms with E-state index in [1.165, 1.54) is 6.39 Å². The zero-order valence-electron chi connectivity index (χ0n) is 18.6. The Bertz CT molecular complexity index is 1260. The Morgan fingerprint density at radius 2 is 1.85 bits per heavy atom. The van der Waals surface area contributed by atoms with Gasteiger partial charge in [0.05, 0.1) is 18.9 Å². The van der Waals surface area contributed by atoms with Crippen LogP contribution in [-0.2, 0) is 4.79 Å². The number of aromatic nitrogens is 4. The van der Waals surface area contributed by atoms with Crippen molar-refractivity contribution in [2.75, 3.05) is 43.5 Å². The maximum atomic E-state index is 11.1. The standard InChI is InChI=1S/C24H23N7O3/c1-33-20-13-18(7-8-19(20)21-14-25-15-34-21)26-23-27-22(17-5-3-2-4-6-17)28-24(29-23)31-11-9-30(16-32)10-12-31/h2-8,13-16H,9-12H2,1H3,(H,26,27,28,29). The number of hydrogen-bond acceptors (Lipinski definition) is 9. The second-order valence-corrected chi connectivity index (χ2v) is 7.68. The molecule has 0 aliphatic carbocycles. The van der Waals surface area contributed by atoms with Crippen LogP contribution in [0, 0.1) is 0 Å². The highest BCUT2D eigenvalue weighted by atomic mass is 16.5. The Hall–Kier alpha value is -4.47. The third-order valence-corrected chi connectivity index (χ3v) is 5.56. The molecule has 2 aromatic heterocycles. The van der Waals surface area contributed by atoms with E-state index in [1.54, 1.807) is 18.2 Å². The van der Waals surface area contributed by atoms with Gasteiger partial charge in [0.2, 0.25) is 18.3 Å². The Morgan fingerprint density at radius 1 is 1.03 bits per heavy atom. The number of benzene rings is 2. The van der Waals surface area contributed by atoms with Gasteiger partial charge in [-0.25, -0.2) is 4.98 Å². The molecule has 1 aliphatic heterocycles. The smallest absolute Gasteiger partial charge is 0.232 e. The number of oxazole rings is 1. The summed E-state index contributed by atoms with van der Waals surface area (Å²) in [5, 5.41) is 3.28. The molecule has 1 aliphatic rings. The van der Waals surface area contributed by atoms with E-state index in [9.17, 15) is 4.79 Å². The second-order valence-electron chi connectivity index (χ2n) is 7.68. The number of carbonyl (C=O) groups excluding carboxylic acids is 1. The molecule has 1 N–H and O–H groups in total. The van der Waals surface area contributed by atoms with Crippen LogP contribution in [0.1, 0.15) is 0 Å². The van der Waals surface area contributed by atoms with Crippen molar-refractivity contribution in [2.24, 2.45) is 0 Å². The van der Waals surface area contributed by atoms with Crippen LogP contribution in [0.25, 0.3) is 22.7 Å². The maximum Gasteiger partial charge on any atom is 0.232 e. The lowest BCUT2D eigenvalue weighted by Crippen LogP contribution is -2.46. The second kappa shape index (κ2) is 9.57. The molecule has 1 amide bonds. The van der Waals surface area contributed by atoms with Gasteiger partial charge in [-0.3, -0.25) is 4.79 Å². The fraction of sp³-hybridized carbons (Fsp3) is 0.208. The summed E-state index contributed by atoms with van der Waals surface area (Å²) in [6.45, 7) is 2.55. The lowest BCUT2D eigenvalue weighted by molar-refractivity contribution is -0.118. The number of ether oxygens (including phenoxy) is 1. The van der Waals surface area contributed by atoms with E-state index in [4.69, 9.17) is 14.1 Å². The Morgan fingerprint density at radius 3 is 2.56 bits per heavy atom. The number of anilines is 3. The molecule has 3 heterocycles. The van der Waals surface area contributed by atoms with E-state index in [0.717, 1.165) is 23.2 Å². The fourth-order valence-corrected chi connectivity index (χ4v) is 3.76. The minimum Gasteiger partial charge on any atom is -0.496 e. The Labute approximate surface area is 196 Å². The molecule has 0 spiro atoms. The van der Waals surface area contributed by atoms with Crippen LogP contribution in [-0.4, -0.2) is 64.5 Å². The normalized spacial score (nSPS) is 13.6. The van der Waals surface area contributed by atoms with E-state index in [2.05, 4.69) is 25.2 Å². The molecule has 4 aromatic rings. The third-order valence-electron chi connectivity index (χ3n) is 5.56. The first kappa shape index (κ1) is 21.4. The highest BCUT2D eigenvalue weighted by molar-refractivity contribution is 5.71. The molecule has 10 nitrogen and oxygen atoms in total. The monoisotopic (exact) mass is 457 g/mol. The molecule has 1 fully saturated rings. The van der Waals surface area contributed by atoms with E-state index >= 15 is 0 Å². The van der Waals surface area contributed by atoms with Gasteiger partial charge < -0.3 is 24.3 Å². The van der Waals surface area contributed by atoms with Crippen LogP contribution < -0.4 is 15.0 Å². The molecule has 0 saturated carbocycles. The molecule has 5 rings (SSSR count). The SMILES string of the molecule is COc1cc(Nc2nc(-c3ccccc3)nc(N3CCN(C=O)CC3)n2)ccc1-c1cnco1. The van der Waals surface area contributed by atoms with Crippen LogP contribution in [0.4, 0.5) is 17.6 Å². The van der Waals surface area contributed by atoms with Crippen LogP contribution in [0.2, 0.25) is 0 Å². The van der Waals surface area contributed by atoms with Crippen molar-refractivity contribution in [3.05, 3.63) is 61.1 Å². The number of rotatable bonds is 7. The topological polar surface area (TPSA) is 110 Å². The first-order chi connectivity index (χ1) is 16.7. The molecule has 0 radical (unpaired) electrons. The average Bonchev–Trinajstić information content (AvgIpc) is 3.44. The van der Waals surface area contributed by atoms with Crippen molar-refractivity contribution < 1.29 is 13.9 Å². The molecular weight excluding hydrogens is 434 g/mol. The first-order valence-electron chi connectivity index (χ1n) is 10.8. The molecule has 10 heteroatoms. The van der Waals surface area contributed by atoms with Crippen LogP contribution in [0.3, 0.4) is 0 Å². The average molecular weight is 457 g/mol. The number of nitrogens with one attached hydrogen (secondary N) is 1. The van der Waals surface area contributed by atoms with Gasteiger partial charge in [0, 0.05) is 43.5 Å². The van der Waals surface area contributed by atoms with Gasteiger partial charge in [-0.1, -0.05) is 30.3 Å². The molecular formula is C24H23N7O3. The number of carbonyl (C=O) groups is 1. The van der Waals surface area contributed by atoms with Crippen molar-refractivity contribution in [1.82, 2.24) is 24.8 Å². The summed E-state index contributed by atoms with van der Waals surface area (Å²) >= 11 is 0. The number of piperazine rings is 1. The summed E-state index contributed by atoms with van der Waals surface area (Å²) < 4.78 is 11.0. The van der Waals surface area contributed by atoms with Gasteiger partial charge in [0.25, 0.3) is 0 Å². The summed E-state index contributed by atoms with van der Waals surface area (Å²) in [6.07, 6.45) is 3.90. The van der Waals surface area contributed by atoms with Crippen LogP contribution in [0.5, 0.6) is 5.75 Å². The van der Waals surface area contributed by atoms with E-state index in [-0.39, 0.29) is 0 Å². The Balaban J connectivity index is 1.47. The van der Waals surface area contributed by atoms with Gasteiger partial charge in [-0.2, -0.15) is 15.0 Å². The van der Waals surface area contributed by atoms with E-state index in [0.29, 0.717) is 55.4 Å². The number of hydrogen-bond donors (Lipinski definition) is 1. The molecule has 2 aromatic carbocycles. The molecule has 0 unspecified atom stereocenters. The van der Waals surface area contributed by atoms with Gasteiger partial charge >= 0.3 is 0 Å². The minimum atomic E-state index is 0.413. The fourth-order valence-electron chi connectivity index (χ4n) is 3.76. The lowest BCUT2D eigenvalue weighted by Gasteiger charge is -2.32. The lowest BCUT2D eigenvalue weighted by atomic mass is 10.1. The van der Waals surface area contributed by atoms with E-state index in [1.807, 2.05) is 48.5 Å². The highest BCUT2D eigenvalue weighted by Crippen LogP contribution is 2.33. The van der Waals surface area contributed by atoms with Gasteiger partial charge in [-0.05, 0) is 12.1 Å². The molecule has 172 valence electrons. The third kappa shape index (κ3) is 4.51. The Kier molecular flexibility index (Phi) is 6.02. The zero-order valence-corrected chi connectivity index (χ0v) is 18.6. The van der Waals surface area contributed by atoms with Crippen molar-refractivity contribution in [2.45, 2.75) is 0 Å². The number of methoxy groups -OCH3 is 1. The largest absolute Gasteiger partial charge is 0.496 e. The van der Waals surface area contributed by atoms with Crippen molar-refractivity contribution >= 4 is 24.0 Å². The predicted molar refractivity (Wildman–Crippen MR) is 127 cm³/mol. The van der Waals surface area contributed by atoms with Crippen LogP contribution in [0.15, 0.2) is 65.5 Å². The molecule has 1 saturated heterocycles. The summed E-state index contributed by atoms with van der Waals surface area (Å²) in [4.78, 5) is 32.9. The van der Waals surface area contributed by atoms with Crippen LogP contribution >= 0.6 is 0 Å². The number of amides is 1. The molecule has 0 bridgehead atoms. The summed E-state index contributed by atoms with van der Waals surface area (Å²) in [5.41, 5.74) is 2.43. The van der Waals surface area contributed by atoms with Crippen molar-refractivity contribution in [1.29, 1.82) is 0 Å². The quantitative estimate of drug-likeness (QED) is 0.418. The van der Waals surface area contributed by atoms with E-state index < -0.39 is 0 Å². The molecule has 0 atom stereocenters. The van der Waals surface area contributed by atoms with Gasteiger partial charge in [0.15, 0.2) is 18.0 Å². The van der Waals surface area contributed by atoms with Crippen molar-refractivity contribution in [3.63, 3.8) is 0 Å². The maximum absolute atomic E-state index is 11.1. The minimum absolute atomic E-state index is 0.413. The summed E-state index contributed by atoms with van der Waals surface area (Å²) in [7, 11) is 1.60. The van der Waals surface area contributed by atoms with Crippen molar-refractivity contribution in [3.8, 4) is 28.5 Å². The predicted octanol–water partition coefficient (Wildman–Crippen LogP) is 3.22. The zero-order chi connectivity index (χ0) is 23.3. The van der Waals surface area contributed by atoms with Gasteiger partial charge in [0.1, 0.15) is 5.75 Å². The first-order valence-corrected chi connectivity index (χ1v) is 10.8. The summed E-state index contributed by atoms with van der Waals surface area (Å²) in [5.74, 6) is 2.79. The molecule has 34 heavy (non-hydrogen) atoms. The van der Waals surface area contributed by atoms with Gasteiger partial charge in [-0.15, -0.1) is 0 Å². The highest BCUT2D eigenvalue weighted by Gasteiger charge is 2.20. The summed E-state index contributed by atoms with van der Waals surface area (Å²) in [6, 6.07) is 15.4. The number of nitrogens with zero attached hydrogens (tertiary/aromatic N) is 6.